The number of imidazole rings is 1. The van der Waals surface area contributed by atoms with E-state index in [-0.39, 0.29) is 6.10 Å². The monoisotopic (exact) mass is 215 g/mol. The predicted octanol–water partition coefficient (Wildman–Crippen LogP) is 1.20. The molecule has 2 rings (SSSR count). The maximum atomic E-state index is 5.89. The molecule has 0 spiro atoms. The number of rotatable bonds is 2. The molecule has 4 nitrogen and oxygen atoms in total. The van der Waals surface area contributed by atoms with E-state index in [9.17, 15) is 0 Å². The Hall–Kier alpha value is -0.740. The topological polar surface area (TPSA) is 39.1 Å². The van der Waals surface area contributed by atoms with Crippen molar-refractivity contribution in [3.8, 4) is 5.88 Å². The first-order valence-corrected chi connectivity index (χ1v) is 5.19. The van der Waals surface area contributed by atoms with Crippen molar-refractivity contribution in [1.29, 1.82) is 0 Å². The van der Waals surface area contributed by atoms with Crippen LogP contribution in [0.4, 0.5) is 0 Å². The zero-order valence-electron chi connectivity index (χ0n) is 8.16. The summed E-state index contributed by atoms with van der Waals surface area (Å²) in [7, 11) is 1.88. The van der Waals surface area contributed by atoms with Crippen LogP contribution in [-0.4, -0.2) is 28.7 Å². The van der Waals surface area contributed by atoms with E-state index in [1.165, 1.54) is 0 Å². The molecule has 1 saturated heterocycles. The number of nitrogens with zero attached hydrogens (tertiary/aromatic N) is 2. The van der Waals surface area contributed by atoms with Crippen LogP contribution in [0.1, 0.15) is 12.8 Å². The molecule has 14 heavy (non-hydrogen) atoms. The molecule has 1 unspecified atom stereocenters. The van der Waals surface area contributed by atoms with Gasteiger partial charge in [0.25, 0.3) is 0 Å². The first-order valence-electron chi connectivity index (χ1n) is 4.81. The summed E-state index contributed by atoms with van der Waals surface area (Å²) in [5, 5.41) is 3.73. The van der Waals surface area contributed by atoms with Crippen molar-refractivity contribution in [3.63, 3.8) is 0 Å². The quantitative estimate of drug-likeness (QED) is 0.806. The summed E-state index contributed by atoms with van der Waals surface area (Å²) in [6, 6.07) is 0. The molecule has 1 atom stereocenters. The van der Waals surface area contributed by atoms with E-state index in [4.69, 9.17) is 16.3 Å². The van der Waals surface area contributed by atoms with Gasteiger partial charge in [-0.05, 0) is 19.4 Å². The highest BCUT2D eigenvalue weighted by Crippen LogP contribution is 2.23. The van der Waals surface area contributed by atoms with Crippen molar-refractivity contribution in [1.82, 2.24) is 14.9 Å². The van der Waals surface area contributed by atoms with E-state index in [1.807, 2.05) is 7.05 Å². The minimum Gasteiger partial charge on any atom is -0.472 e. The van der Waals surface area contributed by atoms with Crippen molar-refractivity contribution >= 4 is 11.6 Å². The molecule has 1 fully saturated rings. The Morgan fingerprint density at radius 3 is 3.14 bits per heavy atom. The lowest BCUT2D eigenvalue weighted by Crippen LogP contribution is -2.37. The largest absolute Gasteiger partial charge is 0.472 e. The second-order valence-corrected chi connectivity index (χ2v) is 3.90. The number of piperidine rings is 1. The second-order valence-electron chi connectivity index (χ2n) is 3.54. The maximum Gasteiger partial charge on any atom is 0.233 e. The van der Waals surface area contributed by atoms with Crippen molar-refractivity contribution < 1.29 is 4.74 Å². The SMILES string of the molecule is Cn1cnc(Cl)c1OC1CCCNC1. The fourth-order valence-electron chi connectivity index (χ4n) is 1.60. The van der Waals surface area contributed by atoms with Gasteiger partial charge in [-0.15, -0.1) is 0 Å². The molecule has 1 N–H and O–H groups in total. The zero-order chi connectivity index (χ0) is 9.97. The molecular formula is C9H14ClN3O. The number of aryl methyl sites for hydroxylation is 1. The number of ether oxygens (including phenoxy) is 1. The number of halogens is 1. The Balaban J connectivity index is 2.02. The minimum absolute atomic E-state index is 0.219. The first kappa shape index (κ1) is 9.80. The third-order valence-electron chi connectivity index (χ3n) is 2.37. The Morgan fingerprint density at radius 1 is 1.71 bits per heavy atom. The summed E-state index contributed by atoms with van der Waals surface area (Å²) in [6.45, 7) is 1.97. The summed E-state index contributed by atoms with van der Waals surface area (Å²) in [5.74, 6) is 0.667. The summed E-state index contributed by atoms with van der Waals surface area (Å²) in [4.78, 5) is 3.96. The number of hydrogen-bond donors (Lipinski definition) is 1. The van der Waals surface area contributed by atoms with Crippen molar-refractivity contribution in [3.05, 3.63) is 11.5 Å². The fourth-order valence-corrected chi connectivity index (χ4v) is 1.82. The van der Waals surface area contributed by atoms with Gasteiger partial charge in [0, 0.05) is 13.6 Å². The van der Waals surface area contributed by atoms with Crippen LogP contribution in [0.5, 0.6) is 5.88 Å². The Bertz CT molecular complexity index is 288. The second kappa shape index (κ2) is 4.19. The summed E-state index contributed by atoms with van der Waals surface area (Å²) in [6.07, 6.45) is 4.11. The minimum atomic E-state index is 0.219. The Labute approximate surface area is 88.2 Å². The average Bonchev–Trinajstić information content (AvgIpc) is 2.51. The molecule has 1 aromatic rings. The fraction of sp³-hybridized carbons (Fsp3) is 0.667. The van der Waals surface area contributed by atoms with Crippen LogP contribution in [-0.2, 0) is 7.05 Å². The van der Waals surface area contributed by atoms with Crippen LogP contribution in [0.15, 0.2) is 6.33 Å². The molecule has 0 aromatic carbocycles. The normalized spacial score (nSPS) is 22.3. The molecular weight excluding hydrogens is 202 g/mol. The first-order chi connectivity index (χ1) is 6.77. The lowest BCUT2D eigenvalue weighted by atomic mass is 10.1. The molecule has 0 bridgehead atoms. The van der Waals surface area contributed by atoms with Gasteiger partial charge in [0.1, 0.15) is 6.10 Å². The van der Waals surface area contributed by atoms with Gasteiger partial charge in [-0.2, -0.15) is 0 Å². The number of nitrogens with one attached hydrogen (secondary N) is 1. The van der Waals surface area contributed by atoms with Crippen molar-refractivity contribution in [2.24, 2.45) is 7.05 Å². The van der Waals surface area contributed by atoms with Gasteiger partial charge in [0.05, 0.1) is 6.33 Å². The molecule has 0 amide bonds. The Morgan fingerprint density at radius 2 is 2.57 bits per heavy atom. The summed E-state index contributed by atoms with van der Waals surface area (Å²) in [5.41, 5.74) is 0. The van der Waals surface area contributed by atoms with Crippen molar-refractivity contribution in [2.75, 3.05) is 13.1 Å². The molecule has 0 aliphatic carbocycles. The maximum absolute atomic E-state index is 5.89. The van der Waals surface area contributed by atoms with Gasteiger partial charge < -0.3 is 14.6 Å². The van der Waals surface area contributed by atoms with E-state index in [0.29, 0.717) is 11.0 Å². The van der Waals surface area contributed by atoms with Gasteiger partial charge in [0.15, 0.2) is 5.15 Å². The number of aromatic nitrogens is 2. The lowest BCUT2D eigenvalue weighted by Gasteiger charge is -2.23. The zero-order valence-corrected chi connectivity index (χ0v) is 8.92. The molecule has 0 radical (unpaired) electrons. The predicted molar refractivity (Wildman–Crippen MR) is 54.7 cm³/mol. The van der Waals surface area contributed by atoms with E-state index in [0.717, 1.165) is 25.9 Å². The molecule has 0 saturated carbocycles. The summed E-state index contributed by atoms with van der Waals surface area (Å²) < 4.78 is 7.57. The average molecular weight is 216 g/mol. The van der Waals surface area contributed by atoms with E-state index in [2.05, 4.69) is 10.3 Å². The van der Waals surface area contributed by atoms with Gasteiger partial charge in [-0.1, -0.05) is 11.6 Å². The highest BCUT2D eigenvalue weighted by molar-refractivity contribution is 6.30. The summed E-state index contributed by atoms with van der Waals surface area (Å²) >= 11 is 5.89. The third kappa shape index (κ3) is 2.01. The van der Waals surface area contributed by atoms with Gasteiger partial charge in [-0.25, -0.2) is 4.98 Å². The third-order valence-corrected chi connectivity index (χ3v) is 2.63. The number of hydrogen-bond acceptors (Lipinski definition) is 3. The smallest absolute Gasteiger partial charge is 0.233 e. The van der Waals surface area contributed by atoms with Gasteiger partial charge in [-0.3, -0.25) is 0 Å². The molecule has 5 heteroatoms. The van der Waals surface area contributed by atoms with Crippen LogP contribution >= 0.6 is 11.6 Å². The van der Waals surface area contributed by atoms with Crippen LogP contribution < -0.4 is 10.1 Å². The van der Waals surface area contributed by atoms with Crippen LogP contribution in [0.3, 0.4) is 0 Å². The lowest BCUT2D eigenvalue weighted by molar-refractivity contribution is 0.156. The van der Waals surface area contributed by atoms with Crippen LogP contribution in [0.25, 0.3) is 0 Å². The van der Waals surface area contributed by atoms with Crippen LogP contribution in [0, 0.1) is 0 Å². The molecule has 2 heterocycles. The highest BCUT2D eigenvalue weighted by Gasteiger charge is 2.17. The van der Waals surface area contributed by atoms with Crippen molar-refractivity contribution in [2.45, 2.75) is 18.9 Å². The van der Waals surface area contributed by atoms with E-state index < -0.39 is 0 Å². The van der Waals surface area contributed by atoms with Crippen LogP contribution in [0.2, 0.25) is 5.15 Å². The van der Waals surface area contributed by atoms with Gasteiger partial charge >= 0.3 is 0 Å². The molecule has 78 valence electrons. The molecule has 1 aromatic heterocycles. The molecule has 1 aliphatic heterocycles. The van der Waals surface area contributed by atoms with E-state index >= 15 is 0 Å². The van der Waals surface area contributed by atoms with E-state index in [1.54, 1.807) is 10.9 Å². The van der Waals surface area contributed by atoms with Gasteiger partial charge in [0.2, 0.25) is 5.88 Å². The molecule has 1 aliphatic rings. The Kier molecular flexibility index (Phi) is 2.93. The standard InChI is InChI=1S/C9H14ClN3O/c1-13-6-12-8(10)9(13)14-7-3-2-4-11-5-7/h6-7,11H,2-5H2,1H3. The highest BCUT2D eigenvalue weighted by atomic mass is 35.5.